The predicted molar refractivity (Wildman–Crippen MR) is 129 cm³/mol. The fourth-order valence-corrected chi connectivity index (χ4v) is 5.72. The van der Waals surface area contributed by atoms with Gasteiger partial charge in [-0.25, -0.2) is 0 Å². The van der Waals surface area contributed by atoms with Gasteiger partial charge in [0.25, 0.3) is 0 Å². The summed E-state index contributed by atoms with van der Waals surface area (Å²) in [7, 11) is 0. The molecular weight excluding hydrogens is 506 g/mol. The number of carbonyl (C=O) groups is 3. The van der Waals surface area contributed by atoms with E-state index in [4.69, 9.17) is 16.3 Å². The molecule has 1 fully saturated rings. The van der Waals surface area contributed by atoms with Crippen LogP contribution in [-0.4, -0.2) is 17.7 Å². The molecule has 3 aromatic rings. The lowest BCUT2D eigenvalue weighted by atomic mass is 9.82. The van der Waals surface area contributed by atoms with E-state index in [2.05, 4.69) is 21.2 Å². The number of hydrogen-bond donors (Lipinski definition) is 1. The molecule has 1 aliphatic heterocycles. The first-order valence-electron chi connectivity index (χ1n) is 10.5. The summed E-state index contributed by atoms with van der Waals surface area (Å²) in [4.78, 5) is 41.3. The number of amides is 1. The Hall–Kier alpha value is -2.96. The van der Waals surface area contributed by atoms with Crippen molar-refractivity contribution in [2.45, 2.75) is 19.3 Å². The average molecular weight is 525 g/mol. The number of ether oxygens (including phenoxy) is 1. The van der Waals surface area contributed by atoms with E-state index in [1.54, 1.807) is 60.7 Å². The van der Waals surface area contributed by atoms with Crippen LogP contribution in [-0.2, 0) is 9.59 Å². The standard InChI is InChI=1S/C26H19BrClNO4/c1-2-25(22(30)15-7-11-17(28)12-8-15)21-19-5-3-4-6-20(19)33-24(32)26(21,25)23(31)29-18-13-9-16(27)10-14-18/h3-14,21H,2H2,1H3,(H,29,31). The lowest BCUT2D eigenvalue weighted by Crippen LogP contribution is -2.42. The highest BCUT2D eigenvalue weighted by Crippen LogP contribution is 2.80. The van der Waals surface area contributed by atoms with Crippen LogP contribution in [0.5, 0.6) is 5.75 Å². The molecule has 7 heteroatoms. The van der Waals surface area contributed by atoms with E-state index in [1.807, 2.05) is 19.1 Å². The molecule has 1 N–H and O–H groups in total. The molecule has 1 amide bonds. The lowest BCUT2D eigenvalue weighted by Gasteiger charge is -2.24. The molecule has 0 aromatic heterocycles. The number of Topliss-reactive ketones (excluding diaryl/α,β-unsaturated/α-hetero) is 1. The Kier molecular flexibility index (Phi) is 5.18. The first kappa shape index (κ1) is 21.9. The van der Waals surface area contributed by atoms with Gasteiger partial charge in [0, 0.05) is 32.2 Å². The molecule has 1 saturated carbocycles. The van der Waals surface area contributed by atoms with Gasteiger partial charge in [0.05, 0.1) is 5.41 Å². The number of ketones is 1. The van der Waals surface area contributed by atoms with Crippen LogP contribution >= 0.6 is 27.5 Å². The number of rotatable bonds is 5. The number of halogens is 2. The smallest absolute Gasteiger partial charge is 0.328 e. The summed E-state index contributed by atoms with van der Waals surface area (Å²) >= 11 is 9.39. The molecule has 0 saturated heterocycles. The zero-order valence-electron chi connectivity index (χ0n) is 17.6. The van der Waals surface area contributed by atoms with Crippen LogP contribution < -0.4 is 10.1 Å². The molecule has 0 bridgehead atoms. The minimum Gasteiger partial charge on any atom is -0.425 e. The van der Waals surface area contributed by atoms with Crippen LogP contribution in [0.25, 0.3) is 0 Å². The minimum absolute atomic E-state index is 0.272. The van der Waals surface area contributed by atoms with Gasteiger partial charge in [-0.2, -0.15) is 0 Å². The van der Waals surface area contributed by atoms with E-state index in [1.165, 1.54) is 0 Å². The second-order valence-electron chi connectivity index (χ2n) is 8.29. The number of esters is 1. The summed E-state index contributed by atoms with van der Waals surface area (Å²) in [5.41, 5.74) is -1.33. The van der Waals surface area contributed by atoms with Crippen molar-refractivity contribution in [3.63, 3.8) is 0 Å². The molecule has 0 spiro atoms. The number of carbonyl (C=O) groups excluding carboxylic acids is 3. The minimum atomic E-state index is -1.67. The van der Waals surface area contributed by atoms with Gasteiger partial charge >= 0.3 is 5.97 Å². The summed E-state index contributed by atoms with van der Waals surface area (Å²) in [6.07, 6.45) is 0.288. The summed E-state index contributed by atoms with van der Waals surface area (Å²) in [6, 6.07) is 20.6. The van der Waals surface area contributed by atoms with Crippen molar-refractivity contribution in [3.05, 3.63) is 93.4 Å². The average Bonchev–Trinajstić information content (AvgIpc) is 3.47. The number of hydrogen-bond acceptors (Lipinski definition) is 4. The second-order valence-corrected chi connectivity index (χ2v) is 9.64. The molecule has 3 aromatic carbocycles. The zero-order valence-corrected chi connectivity index (χ0v) is 19.9. The van der Waals surface area contributed by atoms with Crippen molar-refractivity contribution in [1.29, 1.82) is 0 Å². The van der Waals surface area contributed by atoms with Crippen LogP contribution in [0.4, 0.5) is 5.69 Å². The summed E-state index contributed by atoms with van der Waals surface area (Å²) in [5, 5.41) is 3.35. The van der Waals surface area contributed by atoms with Gasteiger partial charge in [0.2, 0.25) is 5.91 Å². The van der Waals surface area contributed by atoms with Crippen LogP contribution in [0.15, 0.2) is 77.3 Å². The molecule has 3 unspecified atom stereocenters. The molecule has 1 aliphatic carbocycles. The highest BCUT2D eigenvalue weighted by Gasteiger charge is 2.89. The van der Waals surface area contributed by atoms with Gasteiger partial charge in [-0.3, -0.25) is 14.4 Å². The number of benzene rings is 3. The number of anilines is 1. The van der Waals surface area contributed by atoms with Gasteiger partial charge in [-0.15, -0.1) is 0 Å². The maximum atomic E-state index is 14.0. The van der Waals surface area contributed by atoms with Gasteiger partial charge in [-0.1, -0.05) is 52.7 Å². The third-order valence-electron chi connectivity index (χ3n) is 6.83. The zero-order chi connectivity index (χ0) is 23.4. The van der Waals surface area contributed by atoms with E-state index < -0.39 is 28.6 Å². The van der Waals surface area contributed by atoms with Gasteiger partial charge in [0.1, 0.15) is 5.75 Å². The van der Waals surface area contributed by atoms with Crippen LogP contribution in [0.2, 0.25) is 5.02 Å². The fourth-order valence-electron chi connectivity index (χ4n) is 5.33. The normalized spacial score (nSPS) is 24.8. The maximum Gasteiger partial charge on any atom is 0.328 e. The molecule has 5 rings (SSSR count). The largest absolute Gasteiger partial charge is 0.425 e. The molecule has 0 radical (unpaired) electrons. The number of para-hydroxylation sites is 1. The molecule has 1 heterocycles. The Morgan fingerprint density at radius 2 is 1.70 bits per heavy atom. The van der Waals surface area contributed by atoms with Crippen molar-refractivity contribution in [3.8, 4) is 5.75 Å². The highest BCUT2D eigenvalue weighted by atomic mass is 79.9. The van der Waals surface area contributed by atoms with Crippen LogP contribution in [0, 0.1) is 10.8 Å². The Morgan fingerprint density at radius 1 is 1.03 bits per heavy atom. The second kappa shape index (κ2) is 7.82. The molecular formula is C26H19BrClNO4. The van der Waals surface area contributed by atoms with E-state index in [-0.39, 0.29) is 12.2 Å². The van der Waals surface area contributed by atoms with Gasteiger partial charge in [0.15, 0.2) is 11.2 Å². The molecule has 3 atom stereocenters. The topological polar surface area (TPSA) is 72.5 Å². The monoisotopic (exact) mass is 523 g/mol. The summed E-state index contributed by atoms with van der Waals surface area (Å²) in [6.45, 7) is 1.83. The van der Waals surface area contributed by atoms with E-state index in [9.17, 15) is 14.4 Å². The van der Waals surface area contributed by atoms with Gasteiger partial charge < -0.3 is 10.1 Å². The Morgan fingerprint density at radius 3 is 2.36 bits per heavy atom. The Bertz CT molecular complexity index is 1290. The third kappa shape index (κ3) is 3.01. The van der Waals surface area contributed by atoms with E-state index >= 15 is 0 Å². The number of nitrogens with one attached hydrogen (secondary N) is 1. The molecule has 5 nitrogen and oxygen atoms in total. The third-order valence-corrected chi connectivity index (χ3v) is 7.61. The number of fused-ring (bicyclic) bond motifs is 3. The molecule has 2 aliphatic rings. The van der Waals surface area contributed by atoms with Crippen molar-refractivity contribution < 1.29 is 19.1 Å². The van der Waals surface area contributed by atoms with Crippen LogP contribution in [0.1, 0.15) is 35.2 Å². The van der Waals surface area contributed by atoms with Crippen molar-refractivity contribution in [2.24, 2.45) is 10.8 Å². The Balaban J connectivity index is 1.66. The Labute approximate surface area is 204 Å². The van der Waals surface area contributed by atoms with Crippen molar-refractivity contribution >= 4 is 50.9 Å². The van der Waals surface area contributed by atoms with Gasteiger partial charge in [-0.05, 0) is 61.0 Å². The van der Waals surface area contributed by atoms with Crippen LogP contribution in [0.3, 0.4) is 0 Å². The van der Waals surface area contributed by atoms with Crippen molar-refractivity contribution in [1.82, 2.24) is 0 Å². The molecule has 166 valence electrons. The first-order valence-corrected chi connectivity index (χ1v) is 11.7. The van der Waals surface area contributed by atoms with Crippen molar-refractivity contribution in [2.75, 3.05) is 5.32 Å². The summed E-state index contributed by atoms with van der Waals surface area (Å²) < 4.78 is 6.51. The molecule has 33 heavy (non-hydrogen) atoms. The lowest BCUT2D eigenvalue weighted by molar-refractivity contribution is -0.147. The predicted octanol–water partition coefficient (Wildman–Crippen LogP) is 6.02. The SMILES string of the molecule is CCC1(C(=O)c2ccc(Cl)cc2)C2c3ccccc3OC(=O)C21C(=O)Nc1ccc(Br)cc1. The maximum absolute atomic E-state index is 14.0. The first-order chi connectivity index (χ1) is 15.9. The van der Waals surface area contributed by atoms with E-state index in [0.29, 0.717) is 27.6 Å². The highest BCUT2D eigenvalue weighted by molar-refractivity contribution is 9.10. The quantitative estimate of drug-likeness (QED) is 0.192. The van der Waals surface area contributed by atoms with E-state index in [0.717, 1.165) is 4.47 Å². The fraction of sp³-hybridized carbons (Fsp3) is 0.192. The summed E-state index contributed by atoms with van der Waals surface area (Å²) in [5.74, 6) is -1.76.